The summed E-state index contributed by atoms with van der Waals surface area (Å²) in [4.78, 5) is 2.32. The SMILES string of the molecule is C=CN1CC2C=C(c3ccc(C#N)cc3)C1C2. The van der Waals surface area contributed by atoms with Crippen molar-refractivity contribution in [3.63, 3.8) is 0 Å². The van der Waals surface area contributed by atoms with Crippen molar-refractivity contribution in [2.24, 2.45) is 5.92 Å². The molecule has 1 aromatic carbocycles. The first-order valence-corrected chi connectivity index (χ1v) is 5.92. The molecule has 0 spiro atoms. The Kier molecular flexibility index (Phi) is 2.26. The Morgan fingerprint density at radius 1 is 1.35 bits per heavy atom. The summed E-state index contributed by atoms with van der Waals surface area (Å²) in [5.41, 5.74) is 3.35. The van der Waals surface area contributed by atoms with E-state index in [-0.39, 0.29) is 0 Å². The Labute approximate surface area is 101 Å². The van der Waals surface area contributed by atoms with Crippen molar-refractivity contribution in [1.82, 2.24) is 4.90 Å². The molecular weight excluding hydrogens is 208 g/mol. The van der Waals surface area contributed by atoms with Crippen LogP contribution >= 0.6 is 0 Å². The smallest absolute Gasteiger partial charge is 0.0991 e. The standard InChI is InChI=1S/C15H14N2/c1-2-17-10-12-7-14(15(17)8-12)13-5-3-11(9-16)4-6-13/h2-7,12,15H,1,8,10H2. The molecule has 2 bridgehead atoms. The van der Waals surface area contributed by atoms with E-state index in [1.54, 1.807) is 0 Å². The molecule has 2 unspecified atom stereocenters. The molecule has 2 nitrogen and oxygen atoms in total. The highest BCUT2D eigenvalue weighted by atomic mass is 15.2. The van der Waals surface area contributed by atoms with Gasteiger partial charge in [0, 0.05) is 6.54 Å². The highest BCUT2D eigenvalue weighted by molar-refractivity contribution is 5.73. The predicted molar refractivity (Wildman–Crippen MR) is 67.9 cm³/mol. The van der Waals surface area contributed by atoms with Gasteiger partial charge in [-0.2, -0.15) is 5.26 Å². The van der Waals surface area contributed by atoms with Gasteiger partial charge in [0.1, 0.15) is 0 Å². The van der Waals surface area contributed by atoms with Crippen molar-refractivity contribution in [1.29, 1.82) is 5.26 Å². The Hall–Kier alpha value is -2.01. The number of benzene rings is 1. The van der Waals surface area contributed by atoms with E-state index in [0.29, 0.717) is 12.0 Å². The van der Waals surface area contributed by atoms with Crippen LogP contribution in [-0.4, -0.2) is 17.5 Å². The lowest BCUT2D eigenvalue weighted by Crippen LogP contribution is -2.26. The van der Waals surface area contributed by atoms with Gasteiger partial charge in [-0.05, 0) is 41.8 Å². The molecule has 1 fully saturated rings. The topological polar surface area (TPSA) is 27.0 Å². The minimum absolute atomic E-state index is 0.491. The highest BCUT2D eigenvalue weighted by Crippen LogP contribution is 2.41. The normalized spacial score (nSPS) is 25.6. The van der Waals surface area contributed by atoms with Crippen molar-refractivity contribution in [2.75, 3.05) is 6.54 Å². The molecule has 17 heavy (non-hydrogen) atoms. The number of nitrogens with zero attached hydrogens (tertiary/aromatic N) is 2. The van der Waals surface area contributed by atoms with Crippen LogP contribution in [0.25, 0.3) is 5.57 Å². The molecule has 2 atom stereocenters. The minimum Gasteiger partial charge on any atom is -0.370 e. The number of hydrogen-bond acceptors (Lipinski definition) is 2. The first-order chi connectivity index (χ1) is 8.31. The summed E-state index contributed by atoms with van der Waals surface area (Å²) in [6.45, 7) is 4.98. The van der Waals surface area contributed by atoms with E-state index in [1.807, 2.05) is 30.5 Å². The van der Waals surface area contributed by atoms with Crippen LogP contribution in [0.5, 0.6) is 0 Å². The molecule has 0 N–H and O–H groups in total. The van der Waals surface area contributed by atoms with Crippen LogP contribution in [-0.2, 0) is 0 Å². The number of hydrogen-bond donors (Lipinski definition) is 0. The van der Waals surface area contributed by atoms with Crippen molar-refractivity contribution in [3.05, 3.63) is 54.2 Å². The van der Waals surface area contributed by atoms with Crippen LogP contribution in [0.4, 0.5) is 0 Å². The van der Waals surface area contributed by atoms with Crippen LogP contribution < -0.4 is 0 Å². The van der Waals surface area contributed by atoms with Gasteiger partial charge in [-0.3, -0.25) is 0 Å². The van der Waals surface area contributed by atoms with E-state index in [0.717, 1.165) is 12.1 Å². The molecule has 1 saturated heterocycles. The third kappa shape index (κ3) is 1.55. The molecule has 1 aliphatic carbocycles. The van der Waals surface area contributed by atoms with Crippen molar-refractivity contribution >= 4 is 5.57 Å². The summed E-state index contributed by atoms with van der Waals surface area (Å²) in [6.07, 6.45) is 5.54. The zero-order valence-corrected chi connectivity index (χ0v) is 9.63. The highest BCUT2D eigenvalue weighted by Gasteiger charge is 2.37. The van der Waals surface area contributed by atoms with Gasteiger partial charge in [0.2, 0.25) is 0 Å². The Morgan fingerprint density at radius 3 is 2.71 bits per heavy atom. The largest absolute Gasteiger partial charge is 0.370 e. The van der Waals surface area contributed by atoms with Crippen molar-refractivity contribution in [2.45, 2.75) is 12.5 Å². The number of fused-ring (bicyclic) bond motifs is 2. The molecule has 3 rings (SSSR count). The van der Waals surface area contributed by atoms with E-state index in [9.17, 15) is 0 Å². The number of rotatable bonds is 2. The van der Waals surface area contributed by atoms with Crippen molar-refractivity contribution < 1.29 is 0 Å². The summed E-state index contributed by atoms with van der Waals surface area (Å²) in [6, 6.07) is 10.5. The summed E-state index contributed by atoms with van der Waals surface area (Å²) < 4.78 is 0. The average molecular weight is 222 g/mol. The summed E-state index contributed by atoms with van der Waals surface area (Å²) in [7, 11) is 0. The molecule has 84 valence electrons. The van der Waals surface area contributed by atoms with Crippen LogP contribution in [0.2, 0.25) is 0 Å². The molecule has 2 heteroatoms. The fourth-order valence-electron chi connectivity index (χ4n) is 2.91. The average Bonchev–Trinajstić information content (AvgIpc) is 2.98. The van der Waals surface area contributed by atoms with Crippen LogP contribution in [0.1, 0.15) is 17.5 Å². The first-order valence-electron chi connectivity index (χ1n) is 5.92. The fourth-order valence-corrected chi connectivity index (χ4v) is 2.91. The zero-order chi connectivity index (χ0) is 11.8. The molecule has 0 amide bonds. The van der Waals surface area contributed by atoms with Gasteiger partial charge in [-0.25, -0.2) is 0 Å². The lowest BCUT2D eigenvalue weighted by molar-refractivity contribution is 0.398. The summed E-state index contributed by atoms with van der Waals surface area (Å²) in [5.74, 6) is 0.670. The minimum atomic E-state index is 0.491. The van der Waals surface area contributed by atoms with Gasteiger partial charge in [0.15, 0.2) is 0 Å². The fraction of sp³-hybridized carbons (Fsp3) is 0.267. The molecule has 0 radical (unpaired) electrons. The quantitative estimate of drug-likeness (QED) is 0.769. The third-order valence-electron chi connectivity index (χ3n) is 3.73. The second-order valence-corrected chi connectivity index (χ2v) is 4.70. The maximum atomic E-state index is 8.79. The van der Waals surface area contributed by atoms with E-state index >= 15 is 0 Å². The molecule has 1 heterocycles. The molecule has 2 aliphatic rings. The van der Waals surface area contributed by atoms with E-state index in [1.165, 1.54) is 17.6 Å². The van der Waals surface area contributed by atoms with Crippen LogP contribution in [0.15, 0.2) is 43.1 Å². The van der Waals surface area contributed by atoms with Crippen LogP contribution in [0, 0.1) is 17.2 Å². The lowest BCUT2D eigenvalue weighted by atomic mass is 9.99. The zero-order valence-electron chi connectivity index (χ0n) is 9.63. The predicted octanol–water partition coefficient (Wildman–Crippen LogP) is 2.79. The molecule has 1 aromatic rings. The van der Waals surface area contributed by atoms with Crippen LogP contribution in [0.3, 0.4) is 0 Å². The van der Waals surface area contributed by atoms with Gasteiger partial charge in [-0.15, -0.1) is 0 Å². The summed E-state index contributed by atoms with van der Waals surface area (Å²) >= 11 is 0. The van der Waals surface area contributed by atoms with Gasteiger partial charge in [0.25, 0.3) is 0 Å². The molecule has 0 aromatic heterocycles. The van der Waals surface area contributed by atoms with Gasteiger partial charge in [0.05, 0.1) is 17.7 Å². The maximum Gasteiger partial charge on any atom is 0.0991 e. The first kappa shape index (κ1) is 10.2. The van der Waals surface area contributed by atoms with Crippen molar-refractivity contribution in [3.8, 4) is 6.07 Å². The lowest BCUT2D eigenvalue weighted by Gasteiger charge is -2.26. The number of likely N-dealkylation sites (tertiary alicyclic amines) is 1. The molecule has 0 saturated carbocycles. The Morgan fingerprint density at radius 2 is 2.12 bits per heavy atom. The summed E-state index contributed by atoms with van der Waals surface area (Å²) in [5, 5.41) is 8.79. The molecular formula is C15H14N2. The van der Waals surface area contributed by atoms with E-state index in [4.69, 9.17) is 5.26 Å². The Bertz CT molecular complexity index is 519. The second-order valence-electron chi connectivity index (χ2n) is 4.70. The number of nitriles is 1. The second kappa shape index (κ2) is 3.78. The monoisotopic (exact) mass is 222 g/mol. The van der Waals surface area contributed by atoms with E-state index in [2.05, 4.69) is 23.6 Å². The maximum absolute atomic E-state index is 8.79. The third-order valence-corrected chi connectivity index (χ3v) is 3.73. The Balaban J connectivity index is 1.93. The van der Waals surface area contributed by atoms with Gasteiger partial charge in [-0.1, -0.05) is 24.8 Å². The van der Waals surface area contributed by atoms with Gasteiger partial charge >= 0.3 is 0 Å². The molecule has 1 aliphatic heterocycles. The van der Waals surface area contributed by atoms with E-state index < -0.39 is 0 Å². The van der Waals surface area contributed by atoms with Gasteiger partial charge < -0.3 is 4.90 Å².